The van der Waals surface area contributed by atoms with Crippen LogP contribution in [0.15, 0.2) is 24.3 Å². The number of hydrogen-bond acceptors (Lipinski definition) is 3. The van der Waals surface area contributed by atoms with Gasteiger partial charge in [0.1, 0.15) is 6.04 Å². The fourth-order valence-electron chi connectivity index (χ4n) is 2.08. The third kappa shape index (κ3) is 6.10. The highest BCUT2D eigenvalue weighted by Gasteiger charge is 2.22. The van der Waals surface area contributed by atoms with E-state index in [4.69, 9.17) is 0 Å². The molecule has 0 aliphatic rings. The summed E-state index contributed by atoms with van der Waals surface area (Å²) in [5.74, 6) is -1.67. The fraction of sp³-hybridized carbons (Fsp3) is 0.471. The number of amides is 2. The second-order valence-corrected chi connectivity index (χ2v) is 5.83. The van der Waals surface area contributed by atoms with Crippen molar-refractivity contribution < 1.29 is 19.5 Å². The molecular weight excluding hydrogens is 296 g/mol. The Morgan fingerprint density at radius 2 is 1.74 bits per heavy atom. The van der Waals surface area contributed by atoms with E-state index in [0.29, 0.717) is 18.5 Å². The number of rotatable bonds is 8. The minimum Gasteiger partial charge on any atom is -0.480 e. The first kappa shape index (κ1) is 18.7. The van der Waals surface area contributed by atoms with E-state index in [1.807, 2.05) is 20.8 Å². The number of hydrogen-bond donors (Lipinski definition) is 3. The highest BCUT2D eigenvalue weighted by atomic mass is 16.4. The first-order valence-electron chi connectivity index (χ1n) is 7.77. The molecule has 3 N–H and O–H groups in total. The summed E-state index contributed by atoms with van der Waals surface area (Å²) in [6.45, 7) is 6.29. The lowest BCUT2D eigenvalue weighted by Crippen LogP contribution is -2.41. The molecule has 126 valence electrons. The average molecular weight is 320 g/mol. The number of carboxylic acid groups (broad SMARTS) is 1. The molecule has 0 aliphatic carbocycles. The first-order valence-corrected chi connectivity index (χ1v) is 7.77. The Morgan fingerprint density at radius 3 is 2.26 bits per heavy atom. The third-order valence-corrected chi connectivity index (χ3v) is 3.23. The van der Waals surface area contributed by atoms with E-state index >= 15 is 0 Å². The van der Waals surface area contributed by atoms with Gasteiger partial charge in [-0.2, -0.15) is 0 Å². The van der Waals surface area contributed by atoms with E-state index < -0.39 is 17.9 Å². The molecule has 0 aromatic heterocycles. The van der Waals surface area contributed by atoms with Crippen LogP contribution in [0.1, 0.15) is 54.3 Å². The molecule has 0 saturated carbocycles. The van der Waals surface area contributed by atoms with Crippen molar-refractivity contribution in [3.05, 3.63) is 35.4 Å². The summed E-state index contributed by atoms with van der Waals surface area (Å²) in [6, 6.07) is 5.30. The van der Waals surface area contributed by atoms with Crippen LogP contribution >= 0.6 is 0 Å². The molecule has 1 unspecified atom stereocenters. The molecular formula is C17H24N2O4. The molecule has 0 spiro atoms. The lowest BCUT2D eigenvalue weighted by atomic mass is 10.0. The SMILES string of the molecule is CCCNC(=O)c1cccc(C(=O)NC(CC(C)C)C(=O)O)c1. The van der Waals surface area contributed by atoms with Crippen LogP contribution in [0.2, 0.25) is 0 Å². The molecule has 1 aromatic carbocycles. The molecule has 0 heterocycles. The molecule has 2 amide bonds. The number of nitrogens with one attached hydrogen (secondary N) is 2. The zero-order valence-corrected chi connectivity index (χ0v) is 13.8. The lowest BCUT2D eigenvalue weighted by Gasteiger charge is -2.16. The minimum absolute atomic E-state index is 0.141. The molecule has 1 atom stereocenters. The average Bonchev–Trinajstić information content (AvgIpc) is 2.51. The smallest absolute Gasteiger partial charge is 0.326 e. The van der Waals surface area contributed by atoms with Crippen molar-refractivity contribution in [3.63, 3.8) is 0 Å². The van der Waals surface area contributed by atoms with Gasteiger partial charge in [-0.05, 0) is 37.0 Å². The molecule has 23 heavy (non-hydrogen) atoms. The van der Waals surface area contributed by atoms with Crippen LogP contribution in [-0.2, 0) is 4.79 Å². The van der Waals surface area contributed by atoms with E-state index in [-0.39, 0.29) is 17.4 Å². The van der Waals surface area contributed by atoms with Crippen molar-refractivity contribution in [1.82, 2.24) is 10.6 Å². The summed E-state index contributed by atoms with van der Waals surface area (Å²) in [6.07, 6.45) is 1.17. The fourth-order valence-corrected chi connectivity index (χ4v) is 2.08. The topological polar surface area (TPSA) is 95.5 Å². The summed E-state index contributed by atoms with van der Waals surface area (Å²) in [7, 11) is 0. The Hall–Kier alpha value is -2.37. The number of carbonyl (C=O) groups is 3. The van der Waals surface area contributed by atoms with Gasteiger partial charge in [-0.25, -0.2) is 4.79 Å². The Labute approximate surface area is 136 Å². The van der Waals surface area contributed by atoms with Crippen LogP contribution in [0.25, 0.3) is 0 Å². The van der Waals surface area contributed by atoms with Gasteiger partial charge in [0.15, 0.2) is 0 Å². The van der Waals surface area contributed by atoms with Crippen molar-refractivity contribution in [1.29, 1.82) is 0 Å². The Morgan fingerprint density at radius 1 is 1.13 bits per heavy atom. The summed E-state index contributed by atoms with van der Waals surface area (Å²) in [5.41, 5.74) is 0.644. The quantitative estimate of drug-likeness (QED) is 0.683. The van der Waals surface area contributed by atoms with E-state index in [1.165, 1.54) is 6.07 Å². The van der Waals surface area contributed by atoms with Crippen LogP contribution in [0.3, 0.4) is 0 Å². The molecule has 1 aromatic rings. The number of carboxylic acids is 1. The molecule has 0 radical (unpaired) electrons. The Bertz CT molecular complexity index is 569. The molecule has 0 fully saturated rings. The Kier molecular flexibility index (Phi) is 7.25. The zero-order valence-electron chi connectivity index (χ0n) is 13.8. The standard InChI is InChI=1S/C17H24N2O4/c1-4-8-18-15(20)12-6-5-7-13(10-12)16(21)19-14(17(22)23)9-11(2)3/h5-7,10-11,14H,4,8-9H2,1-3H3,(H,18,20)(H,19,21)(H,22,23). The van der Waals surface area contributed by atoms with Gasteiger partial charge in [0.05, 0.1) is 0 Å². The van der Waals surface area contributed by atoms with Gasteiger partial charge < -0.3 is 15.7 Å². The number of aliphatic carboxylic acids is 1. The van der Waals surface area contributed by atoms with Crippen LogP contribution in [-0.4, -0.2) is 35.5 Å². The maximum atomic E-state index is 12.2. The van der Waals surface area contributed by atoms with Crippen molar-refractivity contribution in [2.75, 3.05) is 6.54 Å². The largest absolute Gasteiger partial charge is 0.480 e. The summed E-state index contributed by atoms with van der Waals surface area (Å²) in [5, 5.41) is 14.4. The minimum atomic E-state index is -1.07. The van der Waals surface area contributed by atoms with Gasteiger partial charge in [-0.3, -0.25) is 9.59 Å². The molecule has 0 saturated heterocycles. The van der Waals surface area contributed by atoms with Crippen molar-refractivity contribution in [2.45, 2.75) is 39.7 Å². The Balaban J connectivity index is 2.83. The van der Waals surface area contributed by atoms with Crippen LogP contribution in [0, 0.1) is 5.92 Å². The lowest BCUT2D eigenvalue weighted by molar-refractivity contribution is -0.139. The van der Waals surface area contributed by atoms with Gasteiger partial charge in [-0.1, -0.05) is 26.8 Å². The summed E-state index contributed by atoms with van der Waals surface area (Å²) >= 11 is 0. The predicted octanol–water partition coefficient (Wildman–Crippen LogP) is 2.06. The molecule has 0 bridgehead atoms. The molecule has 6 heteroatoms. The van der Waals surface area contributed by atoms with Crippen molar-refractivity contribution in [3.8, 4) is 0 Å². The van der Waals surface area contributed by atoms with Gasteiger partial charge in [-0.15, -0.1) is 0 Å². The van der Waals surface area contributed by atoms with Crippen LogP contribution < -0.4 is 10.6 Å². The van der Waals surface area contributed by atoms with Crippen molar-refractivity contribution >= 4 is 17.8 Å². The van der Waals surface area contributed by atoms with Gasteiger partial charge in [0, 0.05) is 17.7 Å². The van der Waals surface area contributed by atoms with Crippen molar-refractivity contribution in [2.24, 2.45) is 5.92 Å². The zero-order chi connectivity index (χ0) is 17.4. The molecule has 6 nitrogen and oxygen atoms in total. The number of benzene rings is 1. The van der Waals surface area contributed by atoms with Gasteiger partial charge >= 0.3 is 5.97 Å². The van der Waals surface area contributed by atoms with E-state index in [2.05, 4.69) is 10.6 Å². The van der Waals surface area contributed by atoms with Gasteiger partial charge in [0.25, 0.3) is 11.8 Å². The highest BCUT2D eigenvalue weighted by molar-refractivity contribution is 6.00. The van der Waals surface area contributed by atoms with E-state index in [0.717, 1.165) is 6.42 Å². The monoisotopic (exact) mass is 320 g/mol. The van der Waals surface area contributed by atoms with E-state index in [1.54, 1.807) is 18.2 Å². The normalized spacial score (nSPS) is 11.8. The maximum Gasteiger partial charge on any atom is 0.326 e. The second-order valence-electron chi connectivity index (χ2n) is 5.83. The third-order valence-electron chi connectivity index (χ3n) is 3.23. The van der Waals surface area contributed by atoms with Gasteiger partial charge in [0.2, 0.25) is 0 Å². The number of carbonyl (C=O) groups excluding carboxylic acids is 2. The second kappa shape index (κ2) is 8.92. The predicted molar refractivity (Wildman–Crippen MR) is 87.4 cm³/mol. The molecule has 0 aliphatic heterocycles. The highest BCUT2D eigenvalue weighted by Crippen LogP contribution is 2.09. The van der Waals surface area contributed by atoms with E-state index in [9.17, 15) is 19.5 Å². The summed E-state index contributed by atoms with van der Waals surface area (Å²) < 4.78 is 0. The summed E-state index contributed by atoms with van der Waals surface area (Å²) in [4.78, 5) is 35.4. The molecule has 1 rings (SSSR count). The van der Waals surface area contributed by atoms with Crippen LogP contribution in [0.4, 0.5) is 0 Å². The first-order chi connectivity index (χ1) is 10.8. The maximum absolute atomic E-state index is 12.2. The van der Waals surface area contributed by atoms with Crippen LogP contribution in [0.5, 0.6) is 0 Å².